The zero-order valence-electron chi connectivity index (χ0n) is 14.2. The van der Waals surface area contributed by atoms with E-state index < -0.39 is 6.10 Å². The van der Waals surface area contributed by atoms with Crippen molar-refractivity contribution in [2.45, 2.75) is 19.4 Å². The van der Waals surface area contributed by atoms with Gasteiger partial charge < -0.3 is 10.2 Å². The van der Waals surface area contributed by atoms with Crippen molar-refractivity contribution in [3.05, 3.63) is 70.5 Å². The third kappa shape index (κ3) is 3.50. The molecule has 3 aromatic rings. The van der Waals surface area contributed by atoms with E-state index in [1.165, 1.54) is 0 Å². The number of carbonyl (C=O) groups excluding carboxylic acids is 1. The van der Waals surface area contributed by atoms with Crippen LogP contribution in [-0.4, -0.2) is 22.7 Å². The van der Waals surface area contributed by atoms with Gasteiger partial charge in [0.2, 0.25) is 6.10 Å². The fraction of sp³-hybridized carbons (Fsp3) is 0.150. The molecule has 2 aromatic carbocycles. The van der Waals surface area contributed by atoms with Gasteiger partial charge in [0, 0.05) is 23.1 Å². The lowest BCUT2D eigenvalue weighted by Crippen LogP contribution is -2.28. The largest absolute Gasteiger partial charge is 0.382 e. The minimum atomic E-state index is -0.605. The fourth-order valence-corrected chi connectivity index (χ4v) is 3.38. The molecule has 1 aromatic heterocycles. The molecule has 1 aliphatic heterocycles. The number of nitrogens with one attached hydrogen (secondary N) is 1. The molecule has 26 heavy (non-hydrogen) atoms. The molecule has 0 spiro atoms. The first-order valence-electron chi connectivity index (χ1n) is 8.30. The summed E-state index contributed by atoms with van der Waals surface area (Å²) >= 11 is 1.62. The maximum atomic E-state index is 12.4. The summed E-state index contributed by atoms with van der Waals surface area (Å²) in [4.78, 5) is 22.2. The molecule has 1 atom stereocenters. The Labute approximate surface area is 155 Å². The average molecular weight is 363 g/mol. The number of benzene rings is 2. The highest BCUT2D eigenvalue weighted by molar-refractivity contribution is 7.09. The van der Waals surface area contributed by atoms with Crippen LogP contribution in [0.25, 0.3) is 11.3 Å². The Morgan fingerprint density at radius 1 is 1.12 bits per heavy atom. The van der Waals surface area contributed by atoms with E-state index >= 15 is 0 Å². The van der Waals surface area contributed by atoms with Gasteiger partial charge in [0.05, 0.1) is 16.4 Å². The van der Waals surface area contributed by atoms with Gasteiger partial charge in [-0.3, -0.25) is 4.79 Å². The lowest BCUT2D eigenvalue weighted by Gasteiger charge is -2.10. The van der Waals surface area contributed by atoms with Gasteiger partial charge in [-0.05, 0) is 24.6 Å². The summed E-state index contributed by atoms with van der Waals surface area (Å²) in [6.45, 7) is 1.98. The van der Waals surface area contributed by atoms with E-state index in [1.54, 1.807) is 11.3 Å². The lowest BCUT2D eigenvalue weighted by molar-refractivity contribution is -0.125. The van der Waals surface area contributed by atoms with Gasteiger partial charge in [0.1, 0.15) is 0 Å². The SMILES string of the molecule is Cc1nc(-c2ccc(NC(=O)C3CC(c4ccccc4)=NO3)cc2)cs1. The number of oxime groups is 1. The normalized spacial score (nSPS) is 16.0. The first-order valence-corrected chi connectivity index (χ1v) is 9.18. The van der Waals surface area contributed by atoms with Crippen molar-refractivity contribution in [1.29, 1.82) is 0 Å². The van der Waals surface area contributed by atoms with Gasteiger partial charge in [0.15, 0.2) is 0 Å². The molecule has 0 saturated carbocycles. The molecule has 0 radical (unpaired) electrons. The summed E-state index contributed by atoms with van der Waals surface area (Å²) < 4.78 is 0. The molecule has 0 aliphatic carbocycles. The van der Waals surface area contributed by atoms with E-state index in [0.717, 1.165) is 33.2 Å². The highest BCUT2D eigenvalue weighted by atomic mass is 32.1. The number of thiazole rings is 1. The number of carbonyl (C=O) groups is 1. The van der Waals surface area contributed by atoms with Crippen LogP contribution < -0.4 is 5.32 Å². The zero-order valence-corrected chi connectivity index (χ0v) is 15.0. The van der Waals surface area contributed by atoms with Crippen LogP contribution in [-0.2, 0) is 9.63 Å². The minimum absolute atomic E-state index is 0.197. The average Bonchev–Trinajstić information content (AvgIpc) is 3.32. The third-order valence-electron chi connectivity index (χ3n) is 4.14. The van der Waals surface area contributed by atoms with E-state index in [0.29, 0.717) is 6.42 Å². The Hall–Kier alpha value is -2.99. The minimum Gasteiger partial charge on any atom is -0.382 e. The van der Waals surface area contributed by atoms with Gasteiger partial charge in [-0.15, -0.1) is 11.3 Å². The molecule has 0 bridgehead atoms. The second-order valence-corrected chi connectivity index (χ2v) is 7.08. The smallest absolute Gasteiger partial charge is 0.268 e. The van der Waals surface area contributed by atoms with Crippen molar-refractivity contribution >= 4 is 28.6 Å². The van der Waals surface area contributed by atoms with E-state index in [-0.39, 0.29) is 5.91 Å². The number of aromatic nitrogens is 1. The topological polar surface area (TPSA) is 63.6 Å². The molecule has 0 fully saturated rings. The molecule has 2 heterocycles. The van der Waals surface area contributed by atoms with E-state index in [1.807, 2.05) is 66.9 Å². The highest BCUT2D eigenvalue weighted by Crippen LogP contribution is 2.24. The predicted octanol–water partition coefficient (Wildman–Crippen LogP) is 4.25. The number of rotatable bonds is 4. The summed E-state index contributed by atoms with van der Waals surface area (Å²) in [5.41, 5.74) is 4.47. The Morgan fingerprint density at radius 2 is 1.88 bits per heavy atom. The maximum Gasteiger partial charge on any atom is 0.268 e. The molecule has 6 heteroatoms. The highest BCUT2D eigenvalue weighted by Gasteiger charge is 2.28. The summed E-state index contributed by atoms with van der Waals surface area (Å²) in [5, 5.41) is 10.00. The van der Waals surface area contributed by atoms with Crippen LogP contribution in [0.1, 0.15) is 17.0 Å². The van der Waals surface area contributed by atoms with Gasteiger partial charge in [-0.1, -0.05) is 47.6 Å². The third-order valence-corrected chi connectivity index (χ3v) is 4.91. The van der Waals surface area contributed by atoms with Crippen molar-refractivity contribution in [2.24, 2.45) is 5.16 Å². The second-order valence-electron chi connectivity index (χ2n) is 6.02. The van der Waals surface area contributed by atoms with Gasteiger partial charge in [-0.2, -0.15) is 0 Å². The van der Waals surface area contributed by atoms with E-state index in [4.69, 9.17) is 4.84 Å². The molecule has 1 aliphatic rings. The molecule has 130 valence electrons. The Balaban J connectivity index is 1.38. The Morgan fingerprint density at radius 3 is 2.58 bits per heavy atom. The number of hydrogen-bond donors (Lipinski definition) is 1. The Bertz CT molecular complexity index is 949. The summed E-state index contributed by atoms with van der Waals surface area (Å²) in [7, 11) is 0. The molecule has 4 rings (SSSR count). The van der Waals surface area contributed by atoms with Crippen LogP contribution >= 0.6 is 11.3 Å². The maximum absolute atomic E-state index is 12.4. The van der Waals surface area contributed by atoms with Crippen molar-refractivity contribution < 1.29 is 9.63 Å². The Kier molecular flexibility index (Phi) is 4.50. The molecule has 1 unspecified atom stereocenters. The number of nitrogens with zero attached hydrogens (tertiary/aromatic N) is 2. The first-order chi connectivity index (χ1) is 12.7. The van der Waals surface area contributed by atoms with Gasteiger partial charge in [-0.25, -0.2) is 4.98 Å². The molecule has 0 saturated heterocycles. The molecule has 1 N–H and O–H groups in total. The molecule has 5 nitrogen and oxygen atoms in total. The van der Waals surface area contributed by atoms with Crippen LogP contribution in [0, 0.1) is 6.92 Å². The summed E-state index contributed by atoms with van der Waals surface area (Å²) in [5.74, 6) is -0.197. The monoisotopic (exact) mass is 363 g/mol. The van der Waals surface area contributed by atoms with Crippen molar-refractivity contribution in [3.8, 4) is 11.3 Å². The molecular formula is C20H17N3O2S. The van der Waals surface area contributed by atoms with Crippen LogP contribution in [0.3, 0.4) is 0 Å². The molecular weight excluding hydrogens is 346 g/mol. The van der Waals surface area contributed by atoms with Crippen LogP contribution in [0.5, 0.6) is 0 Å². The van der Waals surface area contributed by atoms with Crippen molar-refractivity contribution in [2.75, 3.05) is 5.32 Å². The zero-order chi connectivity index (χ0) is 17.9. The van der Waals surface area contributed by atoms with Gasteiger partial charge >= 0.3 is 0 Å². The van der Waals surface area contributed by atoms with Crippen LogP contribution in [0.4, 0.5) is 5.69 Å². The van der Waals surface area contributed by atoms with Crippen LogP contribution in [0.2, 0.25) is 0 Å². The van der Waals surface area contributed by atoms with E-state index in [2.05, 4.69) is 15.5 Å². The summed E-state index contributed by atoms with van der Waals surface area (Å²) in [6.07, 6.45) is -0.141. The number of hydrogen-bond acceptors (Lipinski definition) is 5. The summed E-state index contributed by atoms with van der Waals surface area (Å²) in [6, 6.07) is 17.4. The van der Waals surface area contributed by atoms with Crippen molar-refractivity contribution in [1.82, 2.24) is 4.98 Å². The van der Waals surface area contributed by atoms with Gasteiger partial charge in [0.25, 0.3) is 5.91 Å². The number of anilines is 1. The number of amides is 1. The fourth-order valence-electron chi connectivity index (χ4n) is 2.76. The molecule has 1 amide bonds. The predicted molar refractivity (Wildman–Crippen MR) is 103 cm³/mol. The first kappa shape index (κ1) is 16.5. The van der Waals surface area contributed by atoms with E-state index in [9.17, 15) is 4.79 Å². The number of aryl methyl sites for hydroxylation is 1. The van der Waals surface area contributed by atoms with Crippen molar-refractivity contribution in [3.63, 3.8) is 0 Å². The second kappa shape index (κ2) is 7.09. The quantitative estimate of drug-likeness (QED) is 0.754. The van der Waals surface area contributed by atoms with Crippen LogP contribution in [0.15, 0.2) is 65.1 Å². The standard InChI is InChI=1S/C20H17N3O2S/c1-13-21-18(12-26-13)15-7-9-16(10-8-15)22-20(24)19-11-17(23-25-19)14-5-3-2-4-6-14/h2-10,12,19H,11H2,1H3,(H,22,24). The lowest BCUT2D eigenvalue weighted by atomic mass is 10.0.